The van der Waals surface area contributed by atoms with E-state index in [0.29, 0.717) is 12.1 Å². The van der Waals surface area contributed by atoms with Crippen LogP contribution in [0.4, 0.5) is 35.1 Å². The van der Waals surface area contributed by atoms with Crippen molar-refractivity contribution < 1.29 is 45.0 Å². The molecule has 0 fully saturated rings. The molecule has 166 valence electrons. The van der Waals surface area contributed by atoms with E-state index in [4.69, 9.17) is 10.5 Å². The summed E-state index contributed by atoms with van der Waals surface area (Å²) >= 11 is 0. The molecule has 2 atom stereocenters. The lowest BCUT2D eigenvalue weighted by molar-refractivity contribution is -0.143. The van der Waals surface area contributed by atoms with Gasteiger partial charge in [-0.25, -0.2) is 8.78 Å². The predicted octanol–water partition coefficient (Wildman–Crippen LogP) is 5.10. The number of alkyl halides is 6. The minimum Gasteiger partial charge on any atom is -0.385 e. The molecule has 0 aliphatic rings. The van der Waals surface area contributed by atoms with Crippen molar-refractivity contribution in [2.24, 2.45) is 5.73 Å². The maximum atomic E-state index is 13.4. The second kappa shape index (κ2) is 8.48. The molecule has 0 aliphatic carbocycles. The van der Waals surface area contributed by atoms with Crippen LogP contribution in [0.15, 0.2) is 36.4 Å². The third-order valence-corrected chi connectivity index (χ3v) is 4.25. The Morgan fingerprint density at radius 2 is 1.40 bits per heavy atom. The van der Waals surface area contributed by atoms with Crippen molar-refractivity contribution in [2.45, 2.75) is 44.1 Å². The molecule has 2 aromatic rings. The molecule has 0 heterocycles. The van der Waals surface area contributed by atoms with Crippen molar-refractivity contribution in [2.75, 3.05) is 0 Å². The summed E-state index contributed by atoms with van der Waals surface area (Å²) in [6.45, 7) is 0.511. The molecule has 0 bridgehead atoms. The Morgan fingerprint density at radius 3 is 1.87 bits per heavy atom. The molecule has 0 spiro atoms. The summed E-state index contributed by atoms with van der Waals surface area (Å²) in [7, 11) is 0. The maximum absolute atomic E-state index is 13.4. The fourth-order valence-electron chi connectivity index (χ4n) is 2.71. The minimum atomic E-state index is -5.01. The van der Waals surface area contributed by atoms with E-state index in [2.05, 4.69) is 0 Å². The number of rotatable bonds is 6. The van der Waals surface area contributed by atoms with Gasteiger partial charge in [-0.3, -0.25) is 0 Å². The van der Waals surface area contributed by atoms with Crippen LogP contribution in [0.2, 0.25) is 0 Å². The topological polar surface area (TPSA) is 55.5 Å². The number of hydrogen-bond donors (Lipinski definition) is 2. The van der Waals surface area contributed by atoms with Crippen LogP contribution in [0, 0.1) is 11.6 Å². The Labute approximate surface area is 166 Å². The average Bonchev–Trinajstić information content (AvgIpc) is 2.60. The lowest BCUT2D eigenvalue weighted by atomic mass is 9.91. The average molecular weight is 443 g/mol. The van der Waals surface area contributed by atoms with Gasteiger partial charge in [0.25, 0.3) is 0 Å². The fraction of sp³-hybridized carbons (Fsp3) is 0.368. The molecule has 2 unspecified atom stereocenters. The first-order valence-electron chi connectivity index (χ1n) is 8.43. The van der Waals surface area contributed by atoms with Gasteiger partial charge < -0.3 is 15.6 Å². The molecular formula is C19H17F8NO2. The molecule has 30 heavy (non-hydrogen) atoms. The summed E-state index contributed by atoms with van der Waals surface area (Å²) in [4.78, 5) is 0. The third-order valence-electron chi connectivity index (χ3n) is 4.25. The number of benzene rings is 2. The molecule has 11 heteroatoms. The first-order valence-corrected chi connectivity index (χ1v) is 8.43. The van der Waals surface area contributed by atoms with Crippen LogP contribution in [0.25, 0.3) is 0 Å². The molecular weight excluding hydrogens is 426 g/mol. The largest absolute Gasteiger partial charge is 0.416 e. The molecule has 0 aliphatic heterocycles. The Hall–Kier alpha value is -2.24. The van der Waals surface area contributed by atoms with E-state index in [1.165, 1.54) is 6.92 Å². The summed E-state index contributed by atoms with van der Waals surface area (Å²) in [5.41, 5.74) is 0.383. The molecule has 2 rings (SSSR count). The van der Waals surface area contributed by atoms with Crippen LogP contribution in [0.3, 0.4) is 0 Å². The first kappa shape index (κ1) is 24.0. The standard InChI is InChI=1S/C19H17F8NO2/c1-17(29,11-2-3-14(20)15(21)7-11)8-16(28)30-9-10-4-12(18(22,23)24)6-13(5-10)19(25,26)27/h2-7,16,29H,8-9,28H2,1H3. The summed E-state index contributed by atoms with van der Waals surface area (Å²) in [5.74, 6) is -2.36. The minimum absolute atomic E-state index is 0.0166. The zero-order valence-corrected chi connectivity index (χ0v) is 15.4. The van der Waals surface area contributed by atoms with Crippen molar-refractivity contribution in [3.05, 3.63) is 70.3 Å². The van der Waals surface area contributed by atoms with Gasteiger partial charge in [0.2, 0.25) is 0 Å². The van der Waals surface area contributed by atoms with Crippen molar-refractivity contribution in [3.8, 4) is 0 Å². The van der Waals surface area contributed by atoms with Gasteiger partial charge in [-0.2, -0.15) is 26.3 Å². The molecule has 3 N–H and O–H groups in total. The van der Waals surface area contributed by atoms with E-state index in [1.807, 2.05) is 0 Å². The van der Waals surface area contributed by atoms with Gasteiger partial charge in [0.15, 0.2) is 11.6 Å². The Bertz CT molecular complexity index is 861. The van der Waals surface area contributed by atoms with Gasteiger partial charge in [-0.1, -0.05) is 6.07 Å². The van der Waals surface area contributed by atoms with Gasteiger partial charge >= 0.3 is 12.4 Å². The SMILES string of the molecule is CC(O)(CC(N)OCc1cc(C(F)(F)F)cc(C(F)(F)F)c1)c1ccc(F)c(F)c1. The number of aliphatic hydroxyl groups is 1. The van der Waals surface area contributed by atoms with Crippen molar-refractivity contribution in [1.82, 2.24) is 0 Å². The van der Waals surface area contributed by atoms with Crippen LogP contribution >= 0.6 is 0 Å². The lowest BCUT2D eigenvalue weighted by Gasteiger charge is -2.27. The molecule has 0 aromatic heterocycles. The molecule has 0 amide bonds. The van der Waals surface area contributed by atoms with Crippen LogP contribution in [0.5, 0.6) is 0 Å². The van der Waals surface area contributed by atoms with Gasteiger partial charge in [0.1, 0.15) is 6.23 Å². The monoisotopic (exact) mass is 443 g/mol. The van der Waals surface area contributed by atoms with E-state index >= 15 is 0 Å². The van der Waals surface area contributed by atoms with Crippen molar-refractivity contribution >= 4 is 0 Å². The highest BCUT2D eigenvalue weighted by atomic mass is 19.4. The van der Waals surface area contributed by atoms with E-state index < -0.39 is 65.5 Å². The second-order valence-corrected chi connectivity index (χ2v) is 6.87. The van der Waals surface area contributed by atoms with E-state index in [-0.39, 0.29) is 11.6 Å². The number of halogens is 8. The fourth-order valence-corrected chi connectivity index (χ4v) is 2.71. The Morgan fingerprint density at radius 1 is 0.867 bits per heavy atom. The van der Waals surface area contributed by atoms with Gasteiger partial charge in [0.05, 0.1) is 23.3 Å². The third kappa shape index (κ3) is 6.13. The van der Waals surface area contributed by atoms with Crippen LogP contribution in [-0.2, 0) is 29.3 Å². The van der Waals surface area contributed by atoms with Gasteiger partial charge in [-0.15, -0.1) is 0 Å². The van der Waals surface area contributed by atoms with Crippen molar-refractivity contribution in [1.29, 1.82) is 0 Å². The maximum Gasteiger partial charge on any atom is 0.416 e. The van der Waals surface area contributed by atoms with Gasteiger partial charge in [0, 0.05) is 6.42 Å². The highest BCUT2D eigenvalue weighted by molar-refractivity contribution is 5.33. The molecule has 0 radical (unpaired) electrons. The van der Waals surface area contributed by atoms with E-state index in [1.54, 1.807) is 0 Å². The molecule has 2 aromatic carbocycles. The first-order chi connectivity index (χ1) is 13.6. The van der Waals surface area contributed by atoms with Crippen LogP contribution in [-0.4, -0.2) is 11.3 Å². The second-order valence-electron chi connectivity index (χ2n) is 6.87. The number of ether oxygens (including phenoxy) is 1. The summed E-state index contributed by atoms with van der Waals surface area (Å²) in [5, 5.41) is 10.4. The summed E-state index contributed by atoms with van der Waals surface area (Å²) < 4.78 is 109. The zero-order valence-electron chi connectivity index (χ0n) is 15.4. The zero-order chi connectivity index (χ0) is 22.9. The Balaban J connectivity index is 2.15. The smallest absolute Gasteiger partial charge is 0.385 e. The quantitative estimate of drug-likeness (QED) is 0.483. The number of hydrogen-bond acceptors (Lipinski definition) is 3. The highest BCUT2D eigenvalue weighted by Gasteiger charge is 2.37. The molecule has 0 saturated heterocycles. The normalized spacial score (nSPS) is 15.7. The summed E-state index contributed by atoms with van der Waals surface area (Å²) in [6, 6.07) is 3.60. The predicted molar refractivity (Wildman–Crippen MR) is 89.8 cm³/mol. The Kier molecular flexibility index (Phi) is 6.79. The van der Waals surface area contributed by atoms with Crippen LogP contribution in [0.1, 0.15) is 35.6 Å². The molecule has 3 nitrogen and oxygen atoms in total. The van der Waals surface area contributed by atoms with Crippen LogP contribution < -0.4 is 5.73 Å². The van der Waals surface area contributed by atoms with E-state index in [0.717, 1.165) is 18.2 Å². The highest BCUT2D eigenvalue weighted by Crippen LogP contribution is 2.36. The number of nitrogens with two attached hydrogens (primary N) is 1. The van der Waals surface area contributed by atoms with E-state index in [9.17, 15) is 40.2 Å². The van der Waals surface area contributed by atoms with Gasteiger partial charge in [-0.05, 0) is 48.4 Å². The molecule has 0 saturated carbocycles. The summed E-state index contributed by atoms with van der Waals surface area (Å²) in [6.07, 6.45) is -11.7. The lowest BCUT2D eigenvalue weighted by Crippen LogP contribution is -2.34. The van der Waals surface area contributed by atoms with Crippen molar-refractivity contribution in [3.63, 3.8) is 0 Å².